The summed E-state index contributed by atoms with van der Waals surface area (Å²) in [4.78, 5) is 37.1. The van der Waals surface area contributed by atoms with E-state index in [4.69, 9.17) is 11.3 Å². The molecule has 0 radical (unpaired) electrons. The summed E-state index contributed by atoms with van der Waals surface area (Å²) in [5, 5.41) is 7.53. The first-order valence-corrected chi connectivity index (χ1v) is 11.2. The van der Waals surface area contributed by atoms with Crippen molar-refractivity contribution >= 4 is 28.3 Å². The maximum absolute atomic E-state index is 12.3. The summed E-state index contributed by atoms with van der Waals surface area (Å²) in [7, 11) is 0. The molecule has 2 amide bonds. The molecule has 0 spiro atoms. The van der Waals surface area contributed by atoms with E-state index in [0.29, 0.717) is 28.0 Å². The summed E-state index contributed by atoms with van der Waals surface area (Å²) >= 11 is 1.28. The zero-order valence-electron chi connectivity index (χ0n) is 17.1. The first kappa shape index (κ1) is 20.2. The van der Waals surface area contributed by atoms with E-state index in [-0.39, 0.29) is 24.5 Å². The van der Waals surface area contributed by atoms with Crippen LogP contribution in [0, 0.1) is 6.57 Å². The van der Waals surface area contributed by atoms with Crippen LogP contribution >= 0.6 is 11.3 Å². The highest BCUT2D eigenvalue weighted by Gasteiger charge is 2.52. The number of ether oxygens (including phenoxy) is 1. The lowest BCUT2D eigenvalue weighted by molar-refractivity contribution is -0.115. The minimum atomic E-state index is -0.531. The van der Waals surface area contributed by atoms with Gasteiger partial charge in [0.1, 0.15) is 11.8 Å². The fourth-order valence-corrected chi connectivity index (χ4v) is 3.90. The van der Waals surface area contributed by atoms with E-state index in [1.54, 1.807) is 23.0 Å². The van der Waals surface area contributed by atoms with Crippen LogP contribution in [0.1, 0.15) is 36.0 Å². The van der Waals surface area contributed by atoms with Crippen molar-refractivity contribution < 1.29 is 14.3 Å². The summed E-state index contributed by atoms with van der Waals surface area (Å²) in [5.41, 5.74) is 1.21. The molecule has 9 nitrogen and oxygen atoms in total. The molecule has 0 atom stereocenters. The molecule has 0 aliphatic heterocycles. The van der Waals surface area contributed by atoms with Gasteiger partial charge in [0.05, 0.1) is 30.6 Å². The monoisotopic (exact) mass is 448 g/mol. The van der Waals surface area contributed by atoms with Crippen molar-refractivity contribution in [1.29, 1.82) is 0 Å². The van der Waals surface area contributed by atoms with E-state index in [0.717, 1.165) is 25.7 Å². The predicted molar refractivity (Wildman–Crippen MR) is 118 cm³/mol. The lowest BCUT2D eigenvalue weighted by Crippen LogP contribution is -2.32. The molecule has 3 aromatic rings. The van der Waals surface area contributed by atoms with Crippen LogP contribution in [0.25, 0.3) is 16.2 Å². The third-order valence-electron chi connectivity index (χ3n) is 5.30. The van der Waals surface area contributed by atoms with Crippen LogP contribution in [0.2, 0.25) is 0 Å². The topological polar surface area (TPSA) is 102 Å². The van der Waals surface area contributed by atoms with Crippen molar-refractivity contribution in [3.63, 3.8) is 0 Å². The molecule has 2 saturated carbocycles. The van der Waals surface area contributed by atoms with E-state index in [9.17, 15) is 9.59 Å². The molecule has 5 rings (SSSR count). The molecule has 3 aromatic heterocycles. The minimum Gasteiger partial charge on any atom is -0.474 e. The Morgan fingerprint density at radius 1 is 1.25 bits per heavy atom. The SMILES string of the molecule is [C-]#[N+]C1(n2ccc(C(=O)NCC(=O)Nc3nc(-c4cccc(OC5CC5)n4)cs3)c2)CC1. The zero-order chi connectivity index (χ0) is 22.1. The number of thiazole rings is 1. The molecule has 10 heteroatoms. The summed E-state index contributed by atoms with van der Waals surface area (Å²) in [6.07, 6.45) is 7.34. The van der Waals surface area contributed by atoms with Crippen LogP contribution in [-0.4, -0.2) is 39.0 Å². The fraction of sp³-hybridized carbons (Fsp3) is 0.318. The van der Waals surface area contributed by atoms with Gasteiger partial charge in [-0.05, 0) is 25.0 Å². The molecular weight excluding hydrogens is 428 g/mol. The Bertz CT molecular complexity index is 1220. The Kier molecular flexibility index (Phi) is 5.11. The second kappa shape index (κ2) is 8.09. The van der Waals surface area contributed by atoms with Gasteiger partial charge in [0.15, 0.2) is 5.13 Å². The van der Waals surface area contributed by atoms with Gasteiger partial charge >= 0.3 is 5.66 Å². The zero-order valence-corrected chi connectivity index (χ0v) is 17.9. The summed E-state index contributed by atoms with van der Waals surface area (Å²) in [5.74, 6) is -0.169. The maximum atomic E-state index is 12.3. The molecule has 0 aromatic carbocycles. The highest BCUT2D eigenvalue weighted by atomic mass is 32.1. The molecule has 0 bridgehead atoms. The Hall–Kier alpha value is -3.71. The average Bonchev–Trinajstić information content (AvgIpc) is 3.69. The molecule has 32 heavy (non-hydrogen) atoms. The Morgan fingerprint density at radius 3 is 2.84 bits per heavy atom. The van der Waals surface area contributed by atoms with Gasteiger partial charge in [-0.3, -0.25) is 19.0 Å². The standard InChI is InChI=1S/C22H20N6O3S/c1-23-22(8-9-22)28-10-7-14(12-28)20(30)24-11-18(29)27-21-26-17(13-32-21)16-3-2-4-19(25-16)31-15-5-6-15/h2-4,7,10,12-13,15H,5-6,8-9,11H2,(H,24,30)(H,26,27,29). The van der Waals surface area contributed by atoms with Crippen molar-refractivity contribution in [1.82, 2.24) is 19.9 Å². The number of anilines is 1. The molecule has 0 saturated heterocycles. The van der Waals surface area contributed by atoms with Gasteiger partial charge in [0.25, 0.3) is 5.91 Å². The highest BCUT2D eigenvalue weighted by molar-refractivity contribution is 7.14. The summed E-state index contributed by atoms with van der Waals surface area (Å²) in [6.45, 7) is 7.11. The first-order chi connectivity index (χ1) is 15.5. The lowest BCUT2D eigenvalue weighted by atomic mass is 10.3. The van der Waals surface area contributed by atoms with Gasteiger partial charge in [-0.1, -0.05) is 6.07 Å². The van der Waals surface area contributed by atoms with Crippen LogP contribution in [-0.2, 0) is 10.5 Å². The van der Waals surface area contributed by atoms with Crippen LogP contribution in [0.3, 0.4) is 0 Å². The average molecular weight is 449 g/mol. The van der Waals surface area contributed by atoms with Gasteiger partial charge in [-0.25, -0.2) is 16.5 Å². The number of nitrogens with zero attached hydrogens (tertiary/aromatic N) is 4. The van der Waals surface area contributed by atoms with Crippen LogP contribution in [0.15, 0.2) is 42.0 Å². The quantitative estimate of drug-likeness (QED) is 0.515. The predicted octanol–water partition coefficient (Wildman–Crippen LogP) is 3.28. The number of pyridine rings is 1. The fourth-order valence-electron chi connectivity index (χ4n) is 3.18. The molecule has 2 aliphatic rings. The van der Waals surface area contributed by atoms with Gasteiger partial charge in [-0.15, -0.1) is 11.3 Å². The third kappa shape index (κ3) is 4.33. The summed E-state index contributed by atoms with van der Waals surface area (Å²) in [6, 6.07) is 7.18. The molecule has 2 aliphatic carbocycles. The normalized spacial score (nSPS) is 16.1. The number of carbonyl (C=O) groups excluding carboxylic acids is 2. The number of hydrogen-bond acceptors (Lipinski definition) is 6. The Labute approximate surface area is 188 Å². The maximum Gasteiger partial charge on any atom is 0.311 e. The van der Waals surface area contributed by atoms with Gasteiger partial charge in [0.2, 0.25) is 11.8 Å². The number of hydrogen-bond donors (Lipinski definition) is 2. The van der Waals surface area contributed by atoms with E-state index in [1.807, 2.05) is 23.6 Å². The Balaban J connectivity index is 1.15. The van der Waals surface area contributed by atoms with Crippen molar-refractivity contribution in [3.05, 3.63) is 59.0 Å². The van der Waals surface area contributed by atoms with Crippen molar-refractivity contribution in [2.75, 3.05) is 11.9 Å². The van der Waals surface area contributed by atoms with Crippen molar-refractivity contribution in [2.24, 2.45) is 0 Å². The molecule has 162 valence electrons. The van der Waals surface area contributed by atoms with Crippen molar-refractivity contribution in [2.45, 2.75) is 37.5 Å². The lowest BCUT2D eigenvalue weighted by Gasteiger charge is -2.05. The molecule has 3 heterocycles. The largest absolute Gasteiger partial charge is 0.474 e. The third-order valence-corrected chi connectivity index (χ3v) is 6.06. The number of amides is 2. The highest BCUT2D eigenvalue weighted by Crippen LogP contribution is 2.45. The van der Waals surface area contributed by atoms with E-state index < -0.39 is 5.66 Å². The molecule has 2 N–H and O–H groups in total. The molecule has 0 unspecified atom stereocenters. The number of nitrogens with one attached hydrogen (secondary N) is 2. The number of rotatable bonds is 8. The first-order valence-electron chi connectivity index (χ1n) is 10.3. The number of carbonyl (C=O) groups is 2. The molecule has 2 fully saturated rings. The number of aromatic nitrogens is 3. The van der Waals surface area contributed by atoms with Crippen LogP contribution in [0.4, 0.5) is 5.13 Å². The van der Waals surface area contributed by atoms with E-state index in [1.165, 1.54) is 11.3 Å². The second-order valence-corrected chi connectivity index (χ2v) is 8.71. The Morgan fingerprint density at radius 2 is 2.09 bits per heavy atom. The van der Waals surface area contributed by atoms with Gasteiger partial charge in [0, 0.05) is 23.8 Å². The molecular formula is C22H20N6O3S. The van der Waals surface area contributed by atoms with Gasteiger partial charge < -0.3 is 15.4 Å². The van der Waals surface area contributed by atoms with Crippen LogP contribution < -0.4 is 15.4 Å². The smallest absolute Gasteiger partial charge is 0.311 e. The van der Waals surface area contributed by atoms with E-state index in [2.05, 4.69) is 25.4 Å². The second-order valence-electron chi connectivity index (χ2n) is 7.85. The van der Waals surface area contributed by atoms with Gasteiger partial charge in [-0.2, -0.15) is 0 Å². The van der Waals surface area contributed by atoms with E-state index >= 15 is 0 Å². The van der Waals surface area contributed by atoms with Crippen molar-refractivity contribution in [3.8, 4) is 17.3 Å². The van der Waals surface area contributed by atoms with Crippen LogP contribution in [0.5, 0.6) is 5.88 Å². The summed E-state index contributed by atoms with van der Waals surface area (Å²) < 4.78 is 7.49. The minimum absolute atomic E-state index is 0.185.